The minimum Gasteiger partial charge on any atom is -0.312 e. The van der Waals surface area contributed by atoms with Gasteiger partial charge in [0.1, 0.15) is 0 Å². The number of amides is 1. The van der Waals surface area contributed by atoms with Crippen LogP contribution in [0, 0.1) is 0 Å². The van der Waals surface area contributed by atoms with Gasteiger partial charge < -0.3 is 4.90 Å². The largest absolute Gasteiger partial charge is 0.312 e. The van der Waals surface area contributed by atoms with E-state index in [1.54, 1.807) is 0 Å². The number of fused-ring (bicyclic) bond motifs is 1. The van der Waals surface area contributed by atoms with Crippen LogP contribution in [0.3, 0.4) is 0 Å². The van der Waals surface area contributed by atoms with Gasteiger partial charge in [-0.15, -0.1) is 0 Å². The molecule has 3 heteroatoms. The number of pyridine rings is 1. The predicted octanol–water partition coefficient (Wildman–Crippen LogP) is 4.66. The molecular formula is C23H22N2O. The summed E-state index contributed by atoms with van der Waals surface area (Å²) in [6, 6.07) is 20.8. The molecule has 1 aromatic heterocycles. The Kier molecular flexibility index (Phi) is 4.78. The molecule has 26 heavy (non-hydrogen) atoms. The maximum absolute atomic E-state index is 12.7. The van der Waals surface area contributed by atoms with Gasteiger partial charge in [-0.05, 0) is 65.8 Å². The van der Waals surface area contributed by atoms with Crippen molar-refractivity contribution in [2.45, 2.75) is 25.7 Å². The highest BCUT2D eigenvalue weighted by atomic mass is 16.2. The van der Waals surface area contributed by atoms with Gasteiger partial charge in [-0.3, -0.25) is 9.78 Å². The van der Waals surface area contributed by atoms with Crippen LogP contribution in [0.25, 0.3) is 11.1 Å². The van der Waals surface area contributed by atoms with Gasteiger partial charge in [0.25, 0.3) is 0 Å². The number of hydrogen-bond acceptors (Lipinski definition) is 2. The van der Waals surface area contributed by atoms with E-state index < -0.39 is 0 Å². The van der Waals surface area contributed by atoms with E-state index in [4.69, 9.17) is 0 Å². The average molecular weight is 342 g/mol. The lowest BCUT2D eigenvalue weighted by Gasteiger charge is -2.17. The first kappa shape index (κ1) is 16.5. The van der Waals surface area contributed by atoms with Crippen LogP contribution in [0.1, 0.15) is 24.0 Å². The fraction of sp³-hybridized carbons (Fsp3) is 0.217. The molecule has 4 rings (SSSR count). The van der Waals surface area contributed by atoms with Crippen LogP contribution in [-0.2, 0) is 17.6 Å². The van der Waals surface area contributed by atoms with Crippen molar-refractivity contribution >= 4 is 11.6 Å². The fourth-order valence-electron chi connectivity index (χ4n) is 3.61. The van der Waals surface area contributed by atoms with Gasteiger partial charge >= 0.3 is 0 Å². The Balaban J connectivity index is 1.42. The van der Waals surface area contributed by atoms with Crippen LogP contribution in [-0.4, -0.2) is 17.4 Å². The number of hydrogen-bond donors (Lipinski definition) is 0. The molecule has 0 atom stereocenters. The monoisotopic (exact) mass is 342 g/mol. The number of rotatable bonds is 5. The molecule has 1 aliphatic heterocycles. The zero-order valence-electron chi connectivity index (χ0n) is 14.8. The highest BCUT2D eigenvalue weighted by Crippen LogP contribution is 2.32. The number of carbonyl (C=O) groups is 1. The molecule has 0 N–H and O–H groups in total. The molecule has 0 aliphatic carbocycles. The summed E-state index contributed by atoms with van der Waals surface area (Å²) in [5.74, 6) is 0.233. The first-order chi connectivity index (χ1) is 12.8. The molecule has 0 radical (unpaired) electrons. The van der Waals surface area contributed by atoms with Crippen LogP contribution in [0.4, 0.5) is 5.69 Å². The van der Waals surface area contributed by atoms with Crippen molar-refractivity contribution in [3.63, 3.8) is 0 Å². The van der Waals surface area contributed by atoms with E-state index in [9.17, 15) is 4.79 Å². The predicted molar refractivity (Wildman–Crippen MR) is 105 cm³/mol. The Hall–Kier alpha value is -2.94. The van der Waals surface area contributed by atoms with Crippen molar-refractivity contribution < 1.29 is 4.79 Å². The summed E-state index contributed by atoms with van der Waals surface area (Å²) in [6.07, 6.45) is 6.99. The Morgan fingerprint density at radius 3 is 2.58 bits per heavy atom. The highest BCUT2D eigenvalue weighted by molar-refractivity contribution is 5.95. The number of aryl methyl sites for hydroxylation is 1. The summed E-state index contributed by atoms with van der Waals surface area (Å²) < 4.78 is 0. The fourth-order valence-corrected chi connectivity index (χ4v) is 3.61. The quantitative estimate of drug-likeness (QED) is 0.675. The van der Waals surface area contributed by atoms with E-state index >= 15 is 0 Å². The first-order valence-electron chi connectivity index (χ1n) is 9.19. The molecule has 0 fully saturated rings. The van der Waals surface area contributed by atoms with Crippen molar-refractivity contribution in [1.29, 1.82) is 0 Å². The summed E-state index contributed by atoms with van der Waals surface area (Å²) in [4.78, 5) is 18.7. The normalized spacial score (nSPS) is 12.8. The zero-order chi connectivity index (χ0) is 17.8. The van der Waals surface area contributed by atoms with E-state index in [0.29, 0.717) is 6.42 Å². The van der Waals surface area contributed by atoms with E-state index in [1.807, 2.05) is 47.6 Å². The van der Waals surface area contributed by atoms with Gasteiger partial charge in [-0.2, -0.15) is 0 Å². The van der Waals surface area contributed by atoms with E-state index in [1.165, 1.54) is 16.7 Å². The summed E-state index contributed by atoms with van der Waals surface area (Å²) in [6.45, 7) is 0.791. The lowest BCUT2D eigenvalue weighted by atomic mass is 10.0. The Bertz CT molecular complexity index is 891. The van der Waals surface area contributed by atoms with Crippen molar-refractivity contribution in [3.05, 3.63) is 84.2 Å². The van der Waals surface area contributed by atoms with E-state index in [-0.39, 0.29) is 5.91 Å². The third-order valence-corrected chi connectivity index (χ3v) is 4.99. The van der Waals surface area contributed by atoms with E-state index in [0.717, 1.165) is 37.1 Å². The third kappa shape index (κ3) is 3.52. The van der Waals surface area contributed by atoms with Gasteiger partial charge in [-0.25, -0.2) is 0 Å². The van der Waals surface area contributed by atoms with Crippen molar-refractivity contribution in [3.8, 4) is 11.1 Å². The Morgan fingerprint density at radius 1 is 0.962 bits per heavy atom. The van der Waals surface area contributed by atoms with Gasteiger partial charge in [0, 0.05) is 31.0 Å². The maximum Gasteiger partial charge on any atom is 0.227 e. The second kappa shape index (κ2) is 7.52. The molecule has 2 heterocycles. The van der Waals surface area contributed by atoms with Crippen molar-refractivity contribution in [2.24, 2.45) is 0 Å². The van der Waals surface area contributed by atoms with Gasteiger partial charge in [0.05, 0.1) is 0 Å². The average Bonchev–Trinajstić information content (AvgIpc) is 3.13. The molecule has 0 saturated carbocycles. The molecule has 130 valence electrons. The van der Waals surface area contributed by atoms with Gasteiger partial charge in [0.15, 0.2) is 0 Å². The maximum atomic E-state index is 12.7. The second-order valence-electron chi connectivity index (χ2n) is 6.71. The van der Waals surface area contributed by atoms with Crippen LogP contribution >= 0.6 is 0 Å². The number of nitrogens with zero attached hydrogens (tertiary/aromatic N) is 2. The molecule has 0 saturated heterocycles. The summed E-state index contributed by atoms with van der Waals surface area (Å²) in [7, 11) is 0. The lowest BCUT2D eigenvalue weighted by Crippen LogP contribution is -2.28. The second-order valence-corrected chi connectivity index (χ2v) is 6.71. The number of carbonyl (C=O) groups excluding carboxylic acids is 1. The highest BCUT2D eigenvalue weighted by Gasteiger charge is 2.24. The van der Waals surface area contributed by atoms with Crippen LogP contribution in [0.2, 0.25) is 0 Å². The lowest BCUT2D eigenvalue weighted by molar-refractivity contribution is -0.118. The molecule has 3 nitrogen and oxygen atoms in total. The number of benzene rings is 2. The SMILES string of the molecule is O=C(CCCc1ccccc1)N1CCc2cc(-c3ccncc3)ccc21. The van der Waals surface area contributed by atoms with Gasteiger partial charge in [-0.1, -0.05) is 36.4 Å². The first-order valence-corrected chi connectivity index (χ1v) is 9.19. The summed E-state index contributed by atoms with van der Waals surface area (Å²) >= 11 is 0. The van der Waals surface area contributed by atoms with Crippen molar-refractivity contribution in [2.75, 3.05) is 11.4 Å². The minimum absolute atomic E-state index is 0.233. The number of aromatic nitrogens is 1. The Morgan fingerprint density at radius 2 is 1.77 bits per heavy atom. The van der Waals surface area contributed by atoms with Crippen molar-refractivity contribution in [1.82, 2.24) is 4.98 Å². The molecule has 1 amide bonds. The third-order valence-electron chi connectivity index (χ3n) is 4.99. The number of anilines is 1. The summed E-state index contributed by atoms with van der Waals surface area (Å²) in [5.41, 5.74) is 5.98. The van der Waals surface area contributed by atoms with Crippen LogP contribution < -0.4 is 4.90 Å². The molecule has 2 aromatic carbocycles. The topological polar surface area (TPSA) is 33.2 Å². The summed E-state index contributed by atoms with van der Waals surface area (Å²) in [5, 5.41) is 0. The standard InChI is InChI=1S/C23H22N2O/c26-23(8-4-7-18-5-2-1-3-6-18)25-16-13-21-17-20(9-10-22(21)25)19-11-14-24-15-12-19/h1-3,5-6,9-12,14-15,17H,4,7-8,13,16H2. The minimum atomic E-state index is 0.233. The molecular weight excluding hydrogens is 320 g/mol. The molecule has 0 spiro atoms. The molecule has 0 unspecified atom stereocenters. The van der Waals surface area contributed by atoms with Crippen LogP contribution in [0.15, 0.2) is 73.1 Å². The van der Waals surface area contributed by atoms with Crippen LogP contribution in [0.5, 0.6) is 0 Å². The molecule has 3 aromatic rings. The smallest absolute Gasteiger partial charge is 0.227 e. The van der Waals surface area contributed by atoms with Gasteiger partial charge in [0.2, 0.25) is 5.91 Å². The molecule has 0 bridgehead atoms. The van der Waals surface area contributed by atoms with E-state index in [2.05, 4.69) is 35.3 Å². The zero-order valence-corrected chi connectivity index (χ0v) is 14.8. The Labute approximate surface area is 154 Å². The molecule has 1 aliphatic rings.